The quantitative estimate of drug-likeness (QED) is 0.871. The predicted octanol–water partition coefficient (Wildman–Crippen LogP) is 3.55. The van der Waals surface area contributed by atoms with Crippen LogP contribution in [0.5, 0.6) is 0 Å². The molecule has 19 heavy (non-hydrogen) atoms. The van der Waals surface area contributed by atoms with Crippen molar-refractivity contribution in [1.82, 2.24) is 0 Å². The SMILES string of the molecule is C=Cc1ccc(-c2cc(C)ccc2S(=O)(=O)O)cc1. The summed E-state index contributed by atoms with van der Waals surface area (Å²) >= 11 is 0. The molecule has 1 N–H and O–H groups in total. The van der Waals surface area contributed by atoms with Crippen LogP contribution in [0.15, 0.2) is 53.9 Å². The number of hydrogen-bond acceptors (Lipinski definition) is 2. The first-order chi connectivity index (χ1) is 8.91. The lowest BCUT2D eigenvalue weighted by Crippen LogP contribution is -2.01. The summed E-state index contributed by atoms with van der Waals surface area (Å²) in [5.41, 5.74) is 3.11. The van der Waals surface area contributed by atoms with Gasteiger partial charge in [0.2, 0.25) is 0 Å². The van der Waals surface area contributed by atoms with Crippen molar-refractivity contribution >= 4 is 16.2 Å². The topological polar surface area (TPSA) is 54.4 Å². The summed E-state index contributed by atoms with van der Waals surface area (Å²) in [7, 11) is -4.23. The summed E-state index contributed by atoms with van der Waals surface area (Å²) in [5, 5.41) is 0. The standard InChI is InChI=1S/C15H14O3S/c1-3-12-5-7-13(8-6-12)14-10-11(2)4-9-15(14)19(16,17)18/h3-10H,1H2,2H3,(H,16,17,18). The maximum absolute atomic E-state index is 11.4. The van der Waals surface area contributed by atoms with Crippen LogP contribution in [0.1, 0.15) is 11.1 Å². The lowest BCUT2D eigenvalue weighted by molar-refractivity contribution is 0.483. The molecule has 0 spiro atoms. The third-order valence-electron chi connectivity index (χ3n) is 2.87. The smallest absolute Gasteiger partial charge is 0.282 e. The van der Waals surface area contributed by atoms with Crippen molar-refractivity contribution in [3.63, 3.8) is 0 Å². The summed E-state index contributed by atoms with van der Waals surface area (Å²) in [6, 6.07) is 12.1. The minimum atomic E-state index is -4.23. The maximum atomic E-state index is 11.4. The summed E-state index contributed by atoms with van der Waals surface area (Å²) in [5.74, 6) is 0. The van der Waals surface area contributed by atoms with Crippen LogP contribution in [0, 0.1) is 6.92 Å². The Morgan fingerprint density at radius 3 is 2.26 bits per heavy atom. The van der Waals surface area contributed by atoms with Crippen LogP contribution in [-0.2, 0) is 10.1 Å². The molecule has 0 aromatic heterocycles. The van der Waals surface area contributed by atoms with E-state index in [-0.39, 0.29) is 4.90 Å². The van der Waals surface area contributed by atoms with E-state index in [9.17, 15) is 13.0 Å². The molecule has 0 fully saturated rings. The van der Waals surface area contributed by atoms with Crippen molar-refractivity contribution in [1.29, 1.82) is 0 Å². The Morgan fingerprint density at radius 1 is 1.11 bits per heavy atom. The molecule has 0 aliphatic carbocycles. The van der Waals surface area contributed by atoms with E-state index in [1.165, 1.54) is 6.07 Å². The fourth-order valence-electron chi connectivity index (χ4n) is 1.89. The van der Waals surface area contributed by atoms with Crippen LogP contribution in [0.2, 0.25) is 0 Å². The van der Waals surface area contributed by atoms with Crippen molar-refractivity contribution < 1.29 is 13.0 Å². The Kier molecular flexibility index (Phi) is 3.55. The average Bonchev–Trinajstić information content (AvgIpc) is 2.37. The highest BCUT2D eigenvalue weighted by Gasteiger charge is 2.16. The second-order valence-corrected chi connectivity index (χ2v) is 5.69. The van der Waals surface area contributed by atoms with Gasteiger partial charge in [0.15, 0.2) is 0 Å². The second-order valence-electron chi connectivity index (χ2n) is 4.30. The van der Waals surface area contributed by atoms with Gasteiger partial charge in [-0.25, -0.2) is 0 Å². The Hall–Kier alpha value is -1.91. The van der Waals surface area contributed by atoms with Crippen molar-refractivity contribution in [3.05, 3.63) is 60.2 Å². The van der Waals surface area contributed by atoms with E-state index in [0.717, 1.165) is 16.7 Å². The van der Waals surface area contributed by atoms with Crippen molar-refractivity contribution in [2.24, 2.45) is 0 Å². The molecular weight excluding hydrogens is 260 g/mol. The van der Waals surface area contributed by atoms with Gasteiger partial charge in [0.05, 0.1) is 0 Å². The molecule has 0 aliphatic rings. The van der Waals surface area contributed by atoms with Crippen LogP contribution in [0.3, 0.4) is 0 Å². The largest absolute Gasteiger partial charge is 0.295 e. The van der Waals surface area contributed by atoms with Gasteiger partial charge in [-0.3, -0.25) is 4.55 Å². The lowest BCUT2D eigenvalue weighted by atomic mass is 10.0. The molecule has 2 rings (SSSR count). The molecule has 0 unspecified atom stereocenters. The Balaban J connectivity index is 2.66. The predicted molar refractivity (Wildman–Crippen MR) is 76.5 cm³/mol. The van der Waals surface area contributed by atoms with Gasteiger partial charge >= 0.3 is 0 Å². The molecule has 0 saturated carbocycles. The summed E-state index contributed by atoms with van der Waals surface area (Å²) < 4.78 is 32.1. The number of benzene rings is 2. The number of aryl methyl sites for hydroxylation is 1. The van der Waals surface area contributed by atoms with E-state index < -0.39 is 10.1 Å². The summed E-state index contributed by atoms with van der Waals surface area (Å²) in [6.45, 7) is 5.54. The van der Waals surface area contributed by atoms with Crippen LogP contribution >= 0.6 is 0 Å². The van der Waals surface area contributed by atoms with E-state index in [4.69, 9.17) is 0 Å². The molecule has 0 saturated heterocycles. The number of hydrogen-bond donors (Lipinski definition) is 1. The zero-order valence-corrected chi connectivity index (χ0v) is 11.3. The van der Waals surface area contributed by atoms with E-state index >= 15 is 0 Å². The van der Waals surface area contributed by atoms with E-state index in [1.807, 2.05) is 19.1 Å². The molecule has 3 nitrogen and oxygen atoms in total. The van der Waals surface area contributed by atoms with Crippen molar-refractivity contribution in [2.45, 2.75) is 11.8 Å². The monoisotopic (exact) mass is 274 g/mol. The molecule has 0 amide bonds. The van der Waals surface area contributed by atoms with Gasteiger partial charge in [0, 0.05) is 5.56 Å². The minimum absolute atomic E-state index is 0.0792. The third kappa shape index (κ3) is 2.92. The number of rotatable bonds is 3. The van der Waals surface area contributed by atoms with Gasteiger partial charge in [-0.15, -0.1) is 0 Å². The second kappa shape index (κ2) is 4.99. The van der Waals surface area contributed by atoms with Gasteiger partial charge in [0.25, 0.3) is 10.1 Å². The molecule has 0 aliphatic heterocycles. The van der Waals surface area contributed by atoms with Gasteiger partial charge in [-0.2, -0.15) is 8.42 Å². The third-order valence-corrected chi connectivity index (χ3v) is 3.78. The first-order valence-corrected chi connectivity index (χ1v) is 7.17. The Morgan fingerprint density at radius 2 is 1.74 bits per heavy atom. The van der Waals surface area contributed by atoms with E-state index in [1.54, 1.807) is 30.3 Å². The minimum Gasteiger partial charge on any atom is -0.282 e. The van der Waals surface area contributed by atoms with Crippen molar-refractivity contribution in [3.8, 4) is 11.1 Å². The Labute approximate surface area is 113 Å². The average molecular weight is 274 g/mol. The van der Waals surface area contributed by atoms with Crippen LogP contribution < -0.4 is 0 Å². The zero-order chi connectivity index (χ0) is 14.0. The normalized spacial score (nSPS) is 11.3. The summed E-state index contributed by atoms with van der Waals surface area (Å²) in [6.07, 6.45) is 1.71. The molecule has 2 aromatic rings. The molecule has 0 radical (unpaired) electrons. The van der Waals surface area contributed by atoms with Crippen LogP contribution in [0.25, 0.3) is 17.2 Å². The van der Waals surface area contributed by atoms with E-state index in [0.29, 0.717) is 5.56 Å². The van der Waals surface area contributed by atoms with Crippen LogP contribution in [-0.4, -0.2) is 13.0 Å². The fraction of sp³-hybridized carbons (Fsp3) is 0.0667. The highest BCUT2D eigenvalue weighted by atomic mass is 32.2. The molecule has 98 valence electrons. The Bertz CT molecular complexity index is 714. The van der Waals surface area contributed by atoms with Crippen LogP contribution in [0.4, 0.5) is 0 Å². The maximum Gasteiger partial charge on any atom is 0.295 e. The van der Waals surface area contributed by atoms with Crippen molar-refractivity contribution in [2.75, 3.05) is 0 Å². The molecule has 0 heterocycles. The van der Waals surface area contributed by atoms with Gasteiger partial charge in [-0.1, -0.05) is 54.6 Å². The molecule has 0 bridgehead atoms. The van der Waals surface area contributed by atoms with Gasteiger partial charge in [-0.05, 0) is 24.1 Å². The molecule has 0 atom stereocenters. The summed E-state index contributed by atoms with van der Waals surface area (Å²) in [4.78, 5) is -0.0792. The highest BCUT2D eigenvalue weighted by molar-refractivity contribution is 7.86. The highest BCUT2D eigenvalue weighted by Crippen LogP contribution is 2.28. The van der Waals surface area contributed by atoms with Gasteiger partial charge in [0.1, 0.15) is 4.90 Å². The molecule has 4 heteroatoms. The van der Waals surface area contributed by atoms with Gasteiger partial charge < -0.3 is 0 Å². The molecular formula is C15H14O3S. The molecule has 2 aromatic carbocycles. The zero-order valence-electron chi connectivity index (χ0n) is 10.5. The first-order valence-electron chi connectivity index (χ1n) is 5.73. The first kappa shape index (κ1) is 13.5. The fourth-order valence-corrected chi connectivity index (χ4v) is 2.59. The van der Waals surface area contributed by atoms with E-state index in [2.05, 4.69) is 6.58 Å². The lowest BCUT2D eigenvalue weighted by Gasteiger charge is -2.09.